The number of allylic oxidation sites excluding steroid dienone is 1. The van der Waals surface area contributed by atoms with Crippen molar-refractivity contribution in [3.63, 3.8) is 0 Å². The fraction of sp³-hybridized carbons (Fsp3) is 0.0952. The lowest BCUT2D eigenvalue weighted by atomic mass is 10.0. The second-order valence-corrected chi connectivity index (χ2v) is 6.08. The number of carbonyl (C=O) groups is 1. The standard InChI is InChI=1S/C21H15FO3/c1-12-9-17-19(10-13(12)2)25-20(21(17)23)11-16-7-8-18(24-16)14-3-5-15(22)6-4-14/h3-11H,1-2H3/b20-11-. The molecule has 0 unspecified atom stereocenters. The molecule has 3 aromatic rings. The van der Waals surface area contributed by atoms with Crippen molar-refractivity contribution in [3.05, 3.63) is 82.6 Å². The van der Waals surface area contributed by atoms with E-state index in [1.807, 2.05) is 26.0 Å². The Morgan fingerprint density at radius 1 is 0.960 bits per heavy atom. The molecular weight excluding hydrogens is 319 g/mol. The van der Waals surface area contributed by atoms with Gasteiger partial charge in [-0.2, -0.15) is 0 Å². The minimum Gasteiger partial charge on any atom is -0.457 e. The fourth-order valence-corrected chi connectivity index (χ4v) is 2.77. The molecule has 124 valence electrons. The third-order valence-electron chi connectivity index (χ3n) is 4.31. The normalized spacial score (nSPS) is 14.7. The number of benzene rings is 2. The van der Waals surface area contributed by atoms with E-state index in [-0.39, 0.29) is 17.4 Å². The molecule has 0 spiro atoms. The number of Topliss-reactive ketones (excluding diaryl/α,β-unsaturated/α-hetero) is 1. The molecular formula is C21H15FO3. The predicted molar refractivity (Wildman–Crippen MR) is 93.0 cm³/mol. The molecule has 25 heavy (non-hydrogen) atoms. The van der Waals surface area contributed by atoms with E-state index >= 15 is 0 Å². The molecule has 3 nitrogen and oxygen atoms in total. The van der Waals surface area contributed by atoms with E-state index in [1.54, 1.807) is 30.3 Å². The van der Waals surface area contributed by atoms with E-state index in [1.165, 1.54) is 12.1 Å². The lowest BCUT2D eigenvalue weighted by Gasteiger charge is -2.02. The summed E-state index contributed by atoms with van der Waals surface area (Å²) in [5.41, 5.74) is 3.46. The number of carbonyl (C=O) groups excluding carboxylic acids is 1. The molecule has 4 rings (SSSR count). The number of ether oxygens (including phenoxy) is 1. The Balaban J connectivity index is 1.64. The van der Waals surface area contributed by atoms with Gasteiger partial charge in [0.05, 0.1) is 5.56 Å². The van der Waals surface area contributed by atoms with Crippen LogP contribution in [0.5, 0.6) is 5.75 Å². The van der Waals surface area contributed by atoms with Crippen LogP contribution in [0.1, 0.15) is 27.2 Å². The van der Waals surface area contributed by atoms with Gasteiger partial charge in [0.25, 0.3) is 0 Å². The fourth-order valence-electron chi connectivity index (χ4n) is 2.77. The molecule has 1 aliphatic rings. The molecule has 1 aliphatic heterocycles. The Morgan fingerprint density at radius 3 is 2.44 bits per heavy atom. The molecule has 0 saturated heterocycles. The van der Waals surface area contributed by atoms with Crippen LogP contribution >= 0.6 is 0 Å². The summed E-state index contributed by atoms with van der Waals surface area (Å²) in [5.74, 6) is 1.46. The predicted octanol–water partition coefficient (Wildman–Crippen LogP) is 5.32. The summed E-state index contributed by atoms with van der Waals surface area (Å²) >= 11 is 0. The van der Waals surface area contributed by atoms with Crippen molar-refractivity contribution in [3.8, 4) is 17.1 Å². The van der Waals surface area contributed by atoms with Gasteiger partial charge in [0.15, 0.2) is 5.76 Å². The quantitative estimate of drug-likeness (QED) is 0.596. The molecule has 0 radical (unpaired) electrons. The van der Waals surface area contributed by atoms with Crippen molar-refractivity contribution in [2.45, 2.75) is 13.8 Å². The van der Waals surface area contributed by atoms with E-state index in [4.69, 9.17) is 9.15 Å². The molecule has 0 fully saturated rings. The van der Waals surface area contributed by atoms with Gasteiger partial charge in [-0.05, 0) is 73.5 Å². The molecule has 4 heteroatoms. The number of ketones is 1. The number of hydrogen-bond acceptors (Lipinski definition) is 3. The summed E-state index contributed by atoms with van der Waals surface area (Å²) in [6.07, 6.45) is 1.58. The van der Waals surface area contributed by atoms with Crippen LogP contribution in [0, 0.1) is 19.7 Å². The van der Waals surface area contributed by atoms with Crippen LogP contribution in [0.4, 0.5) is 4.39 Å². The topological polar surface area (TPSA) is 39.4 Å². The van der Waals surface area contributed by atoms with E-state index in [2.05, 4.69) is 0 Å². The van der Waals surface area contributed by atoms with Gasteiger partial charge in [-0.3, -0.25) is 4.79 Å². The van der Waals surface area contributed by atoms with Crippen molar-refractivity contribution in [2.75, 3.05) is 0 Å². The first-order chi connectivity index (χ1) is 12.0. The van der Waals surface area contributed by atoms with Crippen molar-refractivity contribution >= 4 is 11.9 Å². The summed E-state index contributed by atoms with van der Waals surface area (Å²) in [6.45, 7) is 3.94. The minimum atomic E-state index is -0.300. The van der Waals surface area contributed by atoms with E-state index < -0.39 is 0 Å². The third kappa shape index (κ3) is 2.76. The van der Waals surface area contributed by atoms with Crippen molar-refractivity contribution in [1.82, 2.24) is 0 Å². The average molecular weight is 334 g/mol. The number of aryl methyl sites for hydroxylation is 2. The zero-order valence-electron chi connectivity index (χ0n) is 13.8. The molecule has 2 aromatic carbocycles. The molecule has 0 bridgehead atoms. The van der Waals surface area contributed by atoms with Crippen LogP contribution in [-0.2, 0) is 0 Å². The number of halogens is 1. The molecule has 0 saturated carbocycles. The molecule has 0 aliphatic carbocycles. The van der Waals surface area contributed by atoms with E-state index in [0.717, 1.165) is 16.7 Å². The van der Waals surface area contributed by atoms with E-state index in [9.17, 15) is 9.18 Å². The summed E-state index contributed by atoms with van der Waals surface area (Å²) in [6, 6.07) is 13.3. The van der Waals surface area contributed by atoms with Gasteiger partial charge in [-0.15, -0.1) is 0 Å². The highest BCUT2D eigenvalue weighted by Crippen LogP contribution is 2.34. The highest BCUT2D eigenvalue weighted by atomic mass is 19.1. The van der Waals surface area contributed by atoms with Crippen molar-refractivity contribution in [2.24, 2.45) is 0 Å². The van der Waals surface area contributed by atoms with E-state index in [0.29, 0.717) is 22.8 Å². The average Bonchev–Trinajstić information content (AvgIpc) is 3.16. The van der Waals surface area contributed by atoms with Gasteiger partial charge in [0.2, 0.25) is 5.78 Å². The SMILES string of the molecule is Cc1cc2c(cc1C)C(=O)/C(=C/c1ccc(-c3ccc(F)cc3)o1)O2. The molecule has 0 N–H and O–H groups in total. The van der Waals surface area contributed by atoms with Crippen LogP contribution < -0.4 is 4.74 Å². The number of furan rings is 1. The van der Waals surface area contributed by atoms with Crippen molar-refractivity contribution in [1.29, 1.82) is 0 Å². The Kier molecular flexibility index (Phi) is 3.53. The zero-order chi connectivity index (χ0) is 17.6. The number of fused-ring (bicyclic) bond motifs is 1. The molecule has 2 heterocycles. The lowest BCUT2D eigenvalue weighted by Crippen LogP contribution is -1.97. The van der Waals surface area contributed by atoms with Crippen LogP contribution in [0.2, 0.25) is 0 Å². The summed E-state index contributed by atoms with van der Waals surface area (Å²) in [5, 5.41) is 0. The van der Waals surface area contributed by atoms with Gasteiger partial charge >= 0.3 is 0 Å². The van der Waals surface area contributed by atoms with Gasteiger partial charge in [0.1, 0.15) is 23.1 Å². The maximum atomic E-state index is 13.0. The number of hydrogen-bond donors (Lipinski definition) is 0. The maximum Gasteiger partial charge on any atom is 0.232 e. The lowest BCUT2D eigenvalue weighted by molar-refractivity contribution is 0.101. The smallest absolute Gasteiger partial charge is 0.232 e. The van der Waals surface area contributed by atoms with Gasteiger partial charge in [-0.1, -0.05) is 0 Å². The summed E-state index contributed by atoms with van der Waals surface area (Å²) < 4.78 is 24.4. The monoisotopic (exact) mass is 334 g/mol. The maximum absolute atomic E-state index is 13.0. The van der Waals surface area contributed by atoms with Crippen LogP contribution in [0.25, 0.3) is 17.4 Å². The second-order valence-electron chi connectivity index (χ2n) is 6.08. The summed E-state index contributed by atoms with van der Waals surface area (Å²) in [7, 11) is 0. The largest absolute Gasteiger partial charge is 0.457 e. The minimum absolute atomic E-state index is 0.155. The Hall–Kier alpha value is -3.14. The Morgan fingerprint density at radius 2 is 1.68 bits per heavy atom. The highest BCUT2D eigenvalue weighted by molar-refractivity contribution is 6.14. The Labute approximate surface area is 144 Å². The first-order valence-corrected chi connectivity index (χ1v) is 7.92. The van der Waals surface area contributed by atoms with Crippen LogP contribution in [-0.4, -0.2) is 5.78 Å². The van der Waals surface area contributed by atoms with Gasteiger partial charge in [-0.25, -0.2) is 4.39 Å². The first-order valence-electron chi connectivity index (χ1n) is 7.92. The molecule has 0 atom stereocenters. The zero-order valence-corrected chi connectivity index (χ0v) is 13.8. The molecule has 1 aromatic heterocycles. The van der Waals surface area contributed by atoms with Crippen LogP contribution in [0.15, 0.2) is 58.7 Å². The van der Waals surface area contributed by atoms with Gasteiger partial charge in [0, 0.05) is 11.6 Å². The van der Waals surface area contributed by atoms with Crippen molar-refractivity contribution < 1.29 is 18.3 Å². The third-order valence-corrected chi connectivity index (χ3v) is 4.31. The molecule has 0 amide bonds. The first kappa shape index (κ1) is 15.4. The highest BCUT2D eigenvalue weighted by Gasteiger charge is 2.28. The van der Waals surface area contributed by atoms with Crippen LogP contribution in [0.3, 0.4) is 0 Å². The number of rotatable bonds is 2. The Bertz CT molecular complexity index is 1010. The van der Waals surface area contributed by atoms with Gasteiger partial charge < -0.3 is 9.15 Å². The second kappa shape index (κ2) is 5.74. The summed E-state index contributed by atoms with van der Waals surface area (Å²) in [4.78, 5) is 12.5.